The van der Waals surface area contributed by atoms with Crippen molar-refractivity contribution in [2.45, 2.75) is 25.9 Å². The van der Waals surface area contributed by atoms with Crippen LogP contribution in [0.2, 0.25) is 5.02 Å². The van der Waals surface area contributed by atoms with Crippen LogP contribution in [0.4, 0.5) is 11.4 Å². The highest BCUT2D eigenvalue weighted by Crippen LogP contribution is 2.37. The van der Waals surface area contributed by atoms with Gasteiger partial charge in [-0.25, -0.2) is 13.2 Å². The SMILES string of the molecule is CCCCOC(=O)c1ccc(NC(=O)C2CN(S(C)(=O)=O)c3cc(Cl)ccc3O2)cc1. The van der Waals surface area contributed by atoms with E-state index in [1.165, 1.54) is 12.1 Å². The molecule has 0 aromatic heterocycles. The molecule has 0 saturated carbocycles. The summed E-state index contributed by atoms with van der Waals surface area (Å²) in [6.45, 7) is 2.17. The van der Waals surface area contributed by atoms with Gasteiger partial charge in [-0.2, -0.15) is 0 Å². The van der Waals surface area contributed by atoms with Crippen LogP contribution in [0.25, 0.3) is 0 Å². The predicted octanol–water partition coefficient (Wildman–Crippen LogP) is 3.46. The molecule has 3 rings (SSSR count). The van der Waals surface area contributed by atoms with Crippen molar-refractivity contribution < 1.29 is 27.5 Å². The molecule has 0 aliphatic carbocycles. The number of benzene rings is 2. The quantitative estimate of drug-likeness (QED) is 0.495. The molecule has 0 radical (unpaired) electrons. The molecule has 166 valence electrons. The second kappa shape index (κ2) is 9.57. The van der Waals surface area contributed by atoms with Gasteiger partial charge in [0.05, 0.1) is 30.7 Å². The molecule has 0 bridgehead atoms. The number of sulfonamides is 1. The summed E-state index contributed by atoms with van der Waals surface area (Å²) in [6.07, 6.45) is 1.70. The molecule has 2 aromatic rings. The number of halogens is 1. The maximum absolute atomic E-state index is 12.7. The van der Waals surface area contributed by atoms with Crippen LogP contribution < -0.4 is 14.4 Å². The fraction of sp³-hybridized carbons (Fsp3) is 0.333. The predicted molar refractivity (Wildman–Crippen MR) is 118 cm³/mol. The number of anilines is 2. The minimum Gasteiger partial charge on any atom is -0.476 e. The molecule has 1 N–H and O–H groups in total. The van der Waals surface area contributed by atoms with E-state index >= 15 is 0 Å². The number of rotatable bonds is 7. The number of ether oxygens (including phenoxy) is 2. The first-order valence-corrected chi connectivity index (χ1v) is 11.9. The minimum atomic E-state index is -3.66. The Hall–Kier alpha value is -2.78. The molecule has 2 aromatic carbocycles. The zero-order valence-electron chi connectivity index (χ0n) is 17.1. The summed E-state index contributed by atoms with van der Waals surface area (Å²) in [5.41, 5.74) is 1.09. The van der Waals surface area contributed by atoms with Gasteiger partial charge in [0.1, 0.15) is 5.75 Å². The van der Waals surface area contributed by atoms with E-state index < -0.39 is 28.0 Å². The van der Waals surface area contributed by atoms with E-state index in [-0.39, 0.29) is 18.0 Å². The Kier molecular flexibility index (Phi) is 7.07. The normalized spacial score (nSPS) is 15.6. The monoisotopic (exact) mass is 466 g/mol. The highest BCUT2D eigenvalue weighted by Gasteiger charge is 2.35. The summed E-state index contributed by atoms with van der Waals surface area (Å²) in [6, 6.07) is 10.8. The van der Waals surface area contributed by atoms with E-state index in [0.29, 0.717) is 22.9 Å². The Balaban J connectivity index is 1.70. The zero-order valence-corrected chi connectivity index (χ0v) is 18.7. The van der Waals surface area contributed by atoms with Gasteiger partial charge in [0, 0.05) is 10.7 Å². The molecular weight excluding hydrogens is 444 g/mol. The zero-order chi connectivity index (χ0) is 22.6. The number of carbonyl (C=O) groups is 2. The number of nitrogens with zero attached hydrogens (tertiary/aromatic N) is 1. The average Bonchev–Trinajstić information content (AvgIpc) is 2.72. The molecule has 0 saturated heterocycles. The van der Waals surface area contributed by atoms with Crippen molar-refractivity contribution >= 4 is 44.9 Å². The first-order chi connectivity index (χ1) is 14.7. The standard InChI is InChI=1S/C21H23ClN2O6S/c1-3-4-11-29-21(26)14-5-8-16(9-6-14)23-20(25)19-13-24(31(2,27)28)17-12-15(22)7-10-18(17)30-19/h5-10,12,19H,3-4,11,13H2,1-2H3,(H,23,25). The maximum Gasteiger partial charge on any atom is 0.338 e. The molecule has 31 heavy (non-hydrogen) atoms. The van der Waals surface area contributed by atoms with Crippen LogP contribution in [0.1, 0.15) is 30.1 Å². The lowest BCUT2D eigenvalue weighted by molar-refractivity contribution is -0.122. The number of carbonyl (C=O) groups excluding carboxylic acids is 2. The third-order valence-corrected chi connectivity index (χ3v) is 5.98. The van der Waals surface area contributed by atoms with Crippen LogP contribution in [0.15, 0.2) is 42.5 Å². The van der Waals surface area contributed by atoms with Gasteiger partial charge in [0.25, 0.3) is 5.91 Å². The summed E-state index contributed by atoms with van der Waals surface area (Å²) in [4.78, 5) is 24.7. The van der Waals surface area contributed by atoms with Gasteiger partial charge in [-0.3, -0.25) is 9.10 Å². The lowest BCUT2D eigenvalue weighted by Crippen LogP contribution is -2.48. The molecule has 0 fully saturated rings. The molecule has 0 spiro atoms. The Morgan fingerprint density at radius 2 is 1.94 bits per heavy atom. The number of esters is 1. The smallest absolute Gasteiger partial charge is 0.338 e. The third-order valence-electron chi connectivity index (χ3n) is 4.60. The maximum atomic E-state index is 12.7. The lowest BCUT2D eigenvalue weighted by Gasteiger charge is -2.34. The van der Waals surface area contributed by atoms with Gasteiger partial charge in [-0.05, 0) is 48.9 Å². The average molecular weight is 467 g/mol. The molecule has 1 aliphatic rings. The largest absolute Gasteiger partial charge is 0.476 e. The molecule has 1 unspecified atom stereocenters. The van der Waals surface area contributed by atoms with Gasteiger partial charge in [0.2, 0.25) is 10.0 Å². The molecule has 1 amide bonds. The van der Waals surface area contributed by atoms with Crippen LogP contribution in [0.3, 0.4) is 0 Å². The van der Waals surface area contributed by atoms with Crippen molar-refractivity contribution in [3.8, 4) is 5.75 Å². The summed E-state index contributed by atoms with van der Waals surface area (Å²) in [7, 11) is -3.66. The number of nitrogens with one attached hydrogen (secondary N) is 1. The first-order valence-electron chi connectivity index (χ1n) is 9.71. The summed E-state index contributed by atoms with van der Waals surface area (Å²) in [5.74, 6) is -0.708. The van der Waals surface area contributed by atoms with E-state index in [1.54, 1.807) is 30.3 Å². The van der Waals surface area contributed by atoms with Gasteiger partial charge in [-0.1, -0.05) is 24.9 Å². The highest BCUT2D eigenvalue weighted by molar-refractivity contribution is 7.92. The summed E-state index contributed by atoms with van der Waals surface area (Å²) in [5, 5.41) is 3.03. The van der Waals surface area contributed by atoms with Crippen LogP contribution in [0.5, 0.6) is 5.75 Å². The number of amides is 1. The second-order valence-corrected chi connectivity index (χ2v) is 9.41. The fourth-order valence-corrected chi connectivity index (χ4v) is 4.05. The van der Waals surface area contributed by atoms with Crippen LogP contribution >= 0.6 is 11.6 Å². The Labute approximate surface area is 186 Å². The van der Waals surface area contributed by atoms with Crippen LogP contribution in [-0.4, -0.2) is 45.8 Å². The van der Waals surface area contributed by atoms with E-state index in [4.69, 9.17) is 21.1 Å². The fourth-order valence-electron chi connectivity index (χ4n) is 2.98. The molecular formula is C21H23ClN2O6S. The van der Waals surface area contributed by atoms with E-state index in [2.05, 4.69) is 5.32 Å². The van der Waals surface area contributed by atoms with Gasteiger partial charge >= 0.3 is 5.97 Å². The Morgan fingerprint density at radius 3 is 2.58 bits per heavy atom. The van der Waals surface area contributed by atoms with Gasteiger partial charge < -0.3 is 14.8 Å². The molecule has 1 atom stereocenters. The van der Waals surface area contributed by atoms with Crippen molar-refractivity contribution in [1.82, 2.24) is 0 Å². The Bertz CT molecular complexity index is 1070. The van der Waals surface area contributed by atoms with Crippen LogP contribution in [0, 0.1) is 0 Å². The second-order valence-electron chi connectivity index (χ2n) is 7.07. The van der Waals surface area contributed by atoms with E-state index in [0.717, 1.165) is 23.4 Å². The van der Waals surface area contributed by atoms with Crippen LogP contribution in [-0.2, 0) is 19.6 Å². The molecule has 10 heteroatoms. The Morgan fingerprint density at radius 1 is 1.23 bits per heavy atom. The first kappa shape index (κ1) is 22.9. The van der Waals surface area contributed by atoms with Crippen molar-refractivity contribution in [1.29, 1.82) is 0 Å². The highest BCUT2D eigenvalue weighted by atomic mass is 35.5. The number of hydrogen-bond donors (Lipinski definition) is 1. The summed E-state index contributed by atoms with van der Waals surface area (Å²) < 4.78 is 36.4. The van der Waals surface area contributed by atoms with Gasteiger partial charge in [-0.15, -0.1) is 0 Å². The van der Waals surface area contributed by atoms with E-state index in [9.17, 15) is 18.0 Å². The van der Waals surface area contributed by atoms with Crippen molar-refractivity contribution in [2.24, 2.45) is 0 Å². The van der Waals surface area contributed by atoms with Crippen molar-refractivity contribution in [3.63, 3.8) is 0 Å². The third kappa shape index (κ3) is 5.68. The van der Waals surface area contributed by atoms with Gasteiger partial charge in [0.15, 0.2) is 6.10 Å². The molecule has 1 aliphatic heterocycles. The van der Waals surface area contributed by atoms with E-state index in [1.807, 2.05) is 6.92 Å². The van der Waals surface area contributed by atoms with Crippen molar-refractivity contribution in [3.05, 3.63) is 53.1 Å². The molecule has 8 nitrogen and oxygen atoms in total. The topological polar surface area (TPSA) is 102 Å². The lowest BCUT2D eigenvalue weighted by atomic mass is 10.2. The number of unbranched alkanes of at least 4 members (excludes halogenated alkanes) is 1. The minimum absolute atomic E-state index is 0.195. The number of fused-ring (bicyclic) bond motifs is 1. The summed E-state index contributed by atoms with van der Waals surface area (Å²) >= 11 is 5.98. The number of hydrogen-bond acceptors (Lipinski definition) is 6. The molecule has 1 heterocycles. The van der Waals surface area contributed by atoms with Crippen molar-refractivity contribution in [2.75, 3.05) is 29.0 Å².